The van der Waals surface area contributed by atoms with Crippen molar-refractivity contribution in [3.63, 3.8) is 0 Å². The summed E-state index contributed by atoms with van der Waals surface area (Å²) in [5.74, 6) is 1.68. The van der Waals surface area contributed by atoms with Crippen molar-refractivity contribution in [2.75, 3.05) is 13.7 Å². The molecule has 0 spiro atoms. The molecule has 0 amide bonds. The molecule has 19 heavy (non-hydrogen) atoms. The van der Waals surface area contributed by atoms with Gasteiger partial charge in [-0.05, 0) is 18.2 Å². The zero-order chi connectivity index (χ0) is 13.5. The Morgan fingerprint density at radius 2 is 2.21 bits per heavy atom. The minimum Gasteiger partial charge on any atom is -0.481 e. The van der Waals surface area contributed by atoms with E-state index >= 15 is 0 Å². The minimum absolute atomic E-state index is 0.432. The van der Waals surface area contributed by atoms with Crippen LogP contribution in [0.15, 0.2) is 40.6 Å². The zero-order valence-corrected chi connectivity index (χ0v) is 10.4. The Balaban J connectivity index is 1.93. The number of fused-ring (bicyclic) bond motifs is 1. The van der Waals surface area contributed by atoms with Crippen molar-refractivity contribution in [1.29, 1.82) is 0 Å². The second-order valence-corrected chi connectivity index (χ2v) is 4.40. The molecule has 4 N–H and O–H groups in total. The predicted molar refractivity (Wildman–Crippen MR) is 71.6 cm³/mol. The molecule has 1 unspecified atom stereocenters. The molecule has 0 saturated heterocycles. The quantitative estimate of drug-likeness (QED) is 0.762. The number of methoxy groups -OCH3 is 1. The third-order valence-corrected chi connectivity index (χ3v) is 3.05. The van der Waals surface area contributed by atoms with Crippen LogP contribution in [-0.4, -0.2) is 35.3 Å². The topological polar surface area (TPSA) is 102 Å². The number of ether oxygens (including phenoxy) is 1. The molecule has 3 heterocycles. The van der Waals surface area contributed by atoms with Crippen LogP contribution in [0, 0.1) is 0 Å². The van der Waals surface area contributed by atoms with Crippen LogP contribution in [-0.2, 0) is 5.66 Å². The number of aliphatic imine (C=N–C) groups is 1. The van der Waals surface area contributed by atoms with E-state index in [0.717, 1.165) is 5.56 Å². The molecule has 2 aliphatic heterocycles. The average molecular weight is 258 g/mol. The number of hydrogen-bond acceptors (Lipinski definition) is 7. The van der Waals surface area contributed by atoms with Crippen LogP contribution in [0.5, 0.6) is 5.88 Å². The molecule has 0 fully saturated rings. The van der Waals surface area contributed by atoms with Gasteiger partial charge in [0.1, 0.15) is 11.7 Å². The Morgan fingerprint density at radius 1 is 1.37 bits per heavy atom. The number of amidine groups is 2. The molecule has 3 rings (SSSR count). The van der Waals surface area contributed by atoms with E-state index in [1.165, 1.54) is 0 Å². The van der Waals surface area contributed by atoms with E-state index in [-0.39, 0.29) is 0 Å². The molecule has 0 aliphatic carbocycles. The summed E-state index contributed by atoms with van der Waals surface area (Å²) in [7, 11) is 1.57. The van der Waals surface area contributed by atoms with Crippen LogP contribution in [0.1, 0.15) is 5.56 Å². The van der Waals surface area contributed by atoms with Gasteiger partial charge in [0.15, 0.2) is 5.66 Å². The van der Waals surface area contributed by atoms with E-state index in [1.54, 1.807) is 36.5 Å². The molecular weight excluding hydrogens is 244 g/mol. The molecule has 98 valence electrons. The van der Waals surface area contributed by atoms with Gasteiger partial charge < -0.3 is 16.2 Å². The van der Waals surface area contributed by atoms with Gasteiger partial charge in [0.05, 0.1) is 13.7 Å². The number of hydrazone groups is 1. The summed E-state index contributed by atoms with van der Waals surface area (Å²) in [6.07, 6.45) is 5.17. The number of aromatic nitrogens is 1. The van der Waals surface area contributed by atoms with Crippen LogP contribution >= 0.6 is 0 Å². The summed E-state index contributed by atoms with van der Waals surface area (Å²) in [6.45, 7) is 0.432. The second kappa shape index (κ2) is 4.06. The first kappa shape index (κ1) is 11.7. The fraction of sp³-hybridized carbons (Fsp3) is 0.250. The minimum atomic E-state index is -0.868. The van der Waals surface area contributed by atoms with Crippen molar-refractivity contribution < 1.29 is 4.74 Å². The van der Waals surface area contributed by atoms with Crippen molar-refractivity contribution >= 4 is 11.7 Å². The first-order valence-corrected chi connectivity index (χ1v) is 5.80. The molecular formula is C12H14N6O. The highest BCUT2D eigenvalue weighted by Crippen LogP contribution is 2.29. The fourth-order valence-corrected chi connectivity index (χ4v) is 2.06. The first-order chi connectivity index (χ1) is 9.10. The highest BCUT2D eigenvalue weighted by atomic mass is 16.5. The van der Waals surface area contributed by atoms with E-state index in [0.29, 0.717) is 24.1 Å². The molecule has 0 radical (unpaired) electrons. The maximum atomic E-state index is 6.32. The zero-order valence-electron chi connectivity index (χ0n) is 10.4. The predicted octanol–water partition coefficient (Wildman–Crippen LogP) is -0.242. The van der Waals surface area contributed by atoms with Gasteiger partial charge in [0.25, 0.3) is 0 Å². The maximum Gasteiger partial charge on any atom is 0.212 e. The maximum absolute atomic E-state index is 6.32. The lowest BCUT2D eigenvalue weighted by atomic mass is 10.0. The third kappa shape index (κ3) is 1.93. The first-order valence-electron chi connectivity index (χ1n) is 5.80. The van der Waals surface area contributed by atoms with Crippen LogP contribution in [0.4, 0.5) is 0 Å². The summed E-state index contributed by atoms with van der Waals surface area (Å²) in [5, 5.41) is 5.88. The highest BCUT2D eigenvalue weighted by Gasteiger charge is 2.38. The summed E-state index contributed by atoms with van der Waals surface area (Å²) in [6, 6.07) is 3.61. The van der Waals surface area contributed by atoms with Crippen molar-refractivity contribution in [3.05, 3.63) is 36.0 Å². The largest absolute Gasteiger partial charge is 0.481 e. The van der Waals surface area contributed by atoms with Crippen molar-refractivity contribution in [2.24, 2.45) is 21.6 Å². The van der Waals surface area contributed by atoms with Crippen molar-refractivity contribution in [1.82, 2.24) is 9.99 Å². The van der Waals surface area contributed by atoms with E-state index in [1.807, 2.05) is 6.07 Å². The fourth-order valence-electron chi connectivity index (χ4n) is 2.06. The Labute approximate surface area is 110 Å². The Hall–Kier alpha value is -2.41. The number of rotatable bonds is 2. The van der Waals surface area contributed by atoms with Crippen LogP contribution in [0.25, 0.3) is 0 Å². The standard InChI is InChI=1S/C12H14N6O/c1-19-11-5-2-8(6-15-11)12(14)7-18-10(16-12)4-3-9(13)17-18/h2-6H,7,14H2,1H3,(H2,13,17). The van der Waals surface area contributed by atoms with Crippen molar-refractivity contribution in [2.45, 2.75) is 5.66 Å². The summed E-state index contributed by atoms with van der Waals surface area (Å²) in [5.41, 5.74) is 11.9. The second-order valence-electron chi connectivity index (χ2n) is 4.40. The number of pyridine rings is 1. The molecule has 1 aromatic heterocycles. The van der Waals surface area contributed by atoms with Gasteiger partial charge in [0, 0.05) is 17.8 Å². The molecule has 1 atom stereocenters. The van der Waals surface area contributed by atoms with E-state index < -0.39 is 5.66 Å². The Bertz CT molecular complexity index is 591. The summed E-state index contributed by atoms with van der Waals surface area (Å²) < 4.78 is 5.03. The van der Waals surface area contributed by atoms with Gasteiger partial charge in [0.2, 0.25) is 5.88 Å². The molecule has 7 heteroatoms. The lowest BCUT2D eigenvalue weighted by molar-refractivity contribution is 0.360. The van der Waals surface area contributed by atoms with Crippen LogP contribution in [0.3, 0.4) is 0 Å². The summed E-state index contributed by atoms with van der Waals surface area (Å²) >= 11 is 0. The molecule has 0 aromatic carbocycles. The monoisotopic (exact) mass is 258 g/mol. The average Bonchev–Trinajstić information content (AvgIpc) is 2.75. The summed E-state index contributed by atoms with van der Waals surface area (Å²) in [4.78, 5) is 8.64. The number of nitrogens with zero attached hydrogens (tertiary/aromatic N) is 4. The van der Waals surface area contributed by atoms with E-state index in [9.17, 15) is 0 Å². The molecule has 1 aromatic rings. The highest BCUT2D eigenvalue weighted by molar-refractivity contribution is 6.05. The number of nitrogens with two attached hydrogens (primary N) is 2. The lowest BCUT2D eigenvalue weighted by Gasteiger charge is -2.22. The lowest BCUT2D eigenvalue weighted by Crippen LogP contribution is -2.40. The van der Waals surface area contributed by atoms with Gasteiger partial charge in [-0.3, -0.25) is 0 Å². The molecule has 0 bridgehead atoms. The van der Waals surface area contributed by atoms with Gasteiger partial charge >= 0.3 is 0 Å². The molecule has 2 aliphatic rings. The van der Waals surface area contributed by atoms with Crippen molar-refractivity contribution in [3.8, 4) is 5.88 Å². The van der Waals surface area contributed by atoms with E-state index in [4.69, 9.17) is 16.2 Å². The van der Waals surface area contributed by atoms with E-state index in [2.05, 4.69) is 15.1 Å². The number of hydrogen-bond donors (Lipinski definition) is 2. The van der Waals surface area contributed by atoms with Gasteiger partial charge in [-0.15, -0.1) is 0 Å². The van der Waals surface area contributed by atoms with Crippen LogP contribution in [0.2, 0.25) is 0 Å². The normalized spacial score (nSPS) is 24.8. The van der Waals surface area contributed by atoms with Crippen LogP contribution < -0.4 is 16.2 Å². The Kier molecular flexibility index (Phi) is 2.49. The molecule has 7 nitrogen and oxygen atoms in total. The van der Waals surface area contributed by atoms with Gasteiger partial charge in [-0.25, -0.2) is 15.0 Å². The Morgan fingerprint density at radius 3 is 2.89 bits per heavy atom. The van der Waals surface area contributed by atoms with Gasteiger partial charge in [-0.1, -0.05) is 0 Å². The molecule has 0 saturated carbocycles. The van der Waals surface area contributed by atoms with Gasteiger partial charge in [-0.2, -0.15) is 5.10 Å². The third-order valence-electron chi connectivity index (χ3n) is 3.05. The SMILES string of the molecule is COc1ccc(C2(N)CN3N=C(N)C=CC3=N2)cn1. The smallest absolute Gasteiger partial charge is 0.212 e.